The van der Waals surface area contributed by atoms with E-state index in [9.17, 15) is 0 Å². The Morgan fingerprint density at radius 3 is 3.11 bits per heavy atom. The molecule has 0 amide bonds. The number of hydrogen-bond acceptors (Lipinski definition) is 4. The van der Waals surface area contributed by atoms with Crippen molar-refractivity contribution >= 4 is 0 Å². The van der Waals surface area contributed by atoms with Crippen LogP contribution >= 0.6 is 0 Å². The molecule has 1 aromatic heterocycles. The molecule has 3 rings (SSSR count). The highest BCUT2D eigenvalue weighted by Gasteiger charge is 2.17. The van der Waals surface area contributed by atoms with E-state index in [0.29, 0.717) is 6.04 Å². The van der Waals surface area contributed by atoms with Gasteiger partial charge in [0.15, 0.2) is 0 Å². The van der Waals surface area contributed by atoms with E-state index in [4.69, 9.17) is 0 Å². The van der Waals surface area contributed by atoms with Crippen LogP contribution in [0.25, 0.3) is 0 Å². The van der Waals surface area contributed by atoms with Crippen molar-refractivity contribution in [2.75, 3.05) is 6.54 Å². The molecule has 1 aromatic carbocycles. The van der Waals surface area contributed by atoms with Crippen molar-refractivity contribution in [3.63, 3.8) is 0 Å². The molecule has 0 bridgehead atoms. The maximum Gasteiger partial charge on any atom is 0.115 e. The van der Waals surface area contributed by atoms with E-state index in [-0.39, 0.29) is 0 Å². The molecule has 0 saturated carbocycles. The van der Waals surface area contributed by atoms with E-state index in [0.717, 1.165) is 31.7 Å². The van der Waals surface area contributed by atoms with Crippen LogP contribution in [-0.4, -0.2) is 16.5 Å². The van der Waals surface area contributed by atoms with Gasteiger partial charge in [-0.05, 0) is 30.2 Å². The summed E-state index contributed by atoms with van der Waals surface area (Å²) in [7, 11) is 0. The fourth-order valence-corrected chi connectivity index (χ4v) is 2.52. The zero-order valence-corrected chi connectivity index (χ0v) is 10.8. The Morgan fingerprint density at radius 1 is 1.26 bits per heavy atom. The smallest absolute Gasteiger partial charge is 0.115 e. The van der Waals surface area contributed by atoms with Gasteiger partial charge >= 0.3 is 0 Å². The zero-order chi connectivity index (χ0) is 12.9. The molecule has 2 aromatic rings. The second kappa shape index (κ2) is 5.91. The molecule has 0 aliphatic carbocycles. The quantitative estimate of drug-likeness (QED) is 0.877. The van der Waals surface area contributed by atoms with Crippen molar-refractivity contribution in [3.8, 4) is 0 Å². The normalized spacial score (nSPS) is 18.6. The van der Waals surface area contributed by atoms with Crippen LogP contribution in [0.15, 0.2) is 42.9 Å². The summed E-state index contributed by atoms with van der Waals surface area (Å²) in [5.74, 6) is 0. The minimum absolute atomic E-state index is 0.390. The molecule has 1 aliphatic rings. The van der Waals surface area contributed by atoms with Gasteiger partial charge in [-0.25, -0.2) is 9.97 Å². The standard InChI is InChI=1S/C15H18N4/c1-2-4-14-12(3-1)9-16-8-6-15(14)18-10-13-5-7-17-11-19-13/h1-5,7,11,15-16,18H,6,8-10H2. The molecule has 2 heterocycles. The van der Waals surface area contributed by atoms with Crippen molar-refractivity contribution in [3.05, 3.63) is 59.7 Å². The third-order valence-corrected chi connectivity index (χ3v) is 3.53. The van der Waals surface area contributed by atoms with Crippen molar-refractivity contribution in [1.29, 1.82) is 0 Å². The van der Waals surface area contributed by atoms with Crippen LogP contribution in [0.3, 0.4) is 0 Å². The van der Waals surface area contributed by atoms with Gasteiger partial charge in [-0.1, -0.05) is 24.3 Å². The Labute approximate surface area is 113 Å². The van der Waals surface area contributed by atoms with Gasteiger partial charge in [-0.2, -0.15) is 0 Å². The molecule has 1 unspecified atom stereocenters. The first-order valence-electron chi connectivity index (χ1n) is 6.70. The monoisotopic (exact) mass is 254 g/mol. The summed E-state index contributed by atoms with van der Waals surface area (Å²) in [6, 6.07) is 11.0. The number of rotatable bonds is 3. The summed E-state index contributed by atoms with van der Waals surface area (Å²) >= 11 is 0. The number of aromatic nitrogens is 2. The van der Waals surface area contributed by atoms with Gasteiger partial charge in [-0.3, -0.25) is 0 Å². The summed E-state index contributed by atoms with van der Waals surface area (Å²) in [5.41, 5.74) is 3.83. The Morgan fingerprint density at radius 2 is 2.21 bits per heavy atom. The number of fused-ring (bicyclic) bond motifs is 1. The highest BCUT2D eigenvalue weighted by Crippen LogP contribution is 2.23. The number of nitrogens with zero attached hydrogens (tertiary/aromatic N) is 2. The fraction of sp³-hybridized carbons (Fsp3) is 0.333. The third-order valence-electron chi connectivity index (χ3n) is 3.53. The van der Waals surface area contributed by atoms with Gasteiger partial charge in [-0.15, -0.1) is 0 Å². The average Bonchev–Trinajstić information content (AvgIpc) is 2.68. The largest absolute Gasteiger partial charge is 0.313 e. The summed E-state index contributed by atoms with van der Waals surface area (Å²) < 4.78 is 0. The molecule has 1 atom stereocenters. The number of hydrogen-bond donors (Lipinski definition) is 2. The number of benzene rings is 1. The van der Waals surface area contributed by atoms with Crippen LogP contribution in [0, 0.1) is 0 Å². The van der Waals surface area contributed by atoms with E-state index in [2.05, 4.69) is 44.9 Å². The van der Waals surface area contributed by atoms with Gasteiger partial charge in [0.1, 0.15) is 6.33 Å². The molecule has 0 spiro atoms. The van der Waals surface area contributed by atoms with Crippen LogP contribution in [0.4, 0.5) is 0 Å². The minimum Gasteiger partial charge on any atom is -0.313 e. The van der Waals surface area contributed by atoms with Crippen LogP contribution < -0.4 is 10.6 Å². The highest BCUT2D eigenvalue weighted by molar-refractivity contribution is 5.31. The van der Waals surface area contributed by atoms with E-state index in [1.54, 1.807) is 12.5 Å². The molecule has 1 aliphatic heterocycles. The lowest BCUT2D eigenvalue weighted by molar-refractivity contribution is 0.492. The Hall–Kier alpha value is -1.78. The lowest BCUT2D eigenvalue weighted by atomic mass is 9.99. The van der Waals surface area contributed by atoms with Gasteiger partial charge < -0.3 is 10.6 Å². The van der Waals surface area contributed by atoms with Gasteiger partial charge in [0, 0.05) is 25.3 Å². The summed E-state index contributed by atoms with van der Waals surface area (Å²) in [6.45, 7) is 2.78. The fourth-order valence-electron chi connectivity index (χ4n) is 2.52. The van der Waals surface area contributed by atoms with Crippen LogP contribution in [0.2, 0.25) is 0 Å². The zero-order valence-electron chi connectivity index (χ0n) is 10.8. The molecule has 0 fully saturated rings. The van der Waals surface area contributed by atoms with Crippen molar-refractivity contribution in [1.82, 2.24) is 20.6 Å². The van der Waals surface area contributed by atoms with E-state index < -0.39 is 0 Å². The molecular formula is C15H18N4. The molecule has 4 nitrogen and oxygen atoms in total. The van der Waals surface area contributed by atoms with Crippen LogP contribution in [-0.2, 0) is 13.1 Å². The summed E-state index contributed by atoms with van der Waals surface area (Å²) in [4.78, 5) is 8.20. The van der Waals surface area contributed by atoms with E-state index in [1.165, 1.54) is 11.1 Å². The maximum absolute atomic E-state index is 4.25. The summed E-state index contributed by atoms with van der Waals surface area (Å²) in [5, 5.41) is 7.07. The van der Waals surface area contributed by atoms with Crippen molar-refractivity contribution in [2.45, 2.75) is 25.6 Å². The molecule has 19 heavy (non-hydrogen) atoms. The van der Waals surface area contributed by atoms with Gasteiger partial charge in [0.25, 0.3) is 0 Å². The van der Waals surface area contributed by atoms with E-state index >= 15 is 0 Å². The Bertz CT molecular complexity index is 527. The lowest BCUT2D eigenvalue weighted by Crippen LogP contribution is -2.23. The molecular weight excluding hydrogens is 236 g/mol. The first-order chi connectivity index (χ1) is 9.43. The molecule has 4 heteroatoms. The molecule has 2 N–H and O–H groups in total. The van der Waals surface area contributed by atoms with Gasteiger partial charge in [0.05, 0.1) is 5.69 Å². The second-order valence-electron chi connectivity index (χ2n) is 4.80. The predicted octanol–water partition coefficient (Wildman–Crippen LogP) is 1.80. The lowest BCUT2D eigenvalue weighted by Gasteiger charge is -2.18. The number of nitrogens with one attached hydrogen (secondary N) is 2. The Balaban J connectivity index is 1.74. The van der Waals surface area contributed by atoms with Gasteiger partial charge in [0.2, 0.25) is 0 Å². The van der Waals surface area contributed by atoms with Crippen LogP contribution in [0.1, 0.15) is 29.3 Å². The Kier molecular flexibility index (Phi) is 3.81. The second-order valence-corrected chi connectivity index (χ2v) is 4.80. The molecule has 98 valence electrons. The van der Waals surface area contributed by atoms with Crippen molar-refractivity contribution < 1.29 is 0 Å². The van der Waals surface area contributed by atoms with Crippen molar-refractivity contribution in [2.24, 2.45) is 0 Å². The first kappa shape index (κ1) is 12.3. The molecule has 0 saturated heterocycles. The average molecular weight is 254 g/mol. The summed E-state index contributed by atoms with van der Waals surface area (Å²) in [6.07, 6.45) is 4.48. The van der Waals surface area contributed by atoms with E-state index in [1.807, 2.05) is 6.07 Å². The molecule has 0 radical (unpaired) electrons. The highest BCUT2D eigenvalue weighted by atomic mass is 15.0. The first-order valence-corrected chi connectivity index (χ1v) is 6.70. The predicted molar refractivity (Wildman–Crippen MR) is 74.4 cm³/mol. The van der Waals surface area contributed by atoms with Crippen LogP contribution in [0.5, 0.6) is 0 Å². The third kappa shape index (κ3) is 2.97. The topological polar surface area (TPSA) is 49.8 Å². The minimum atomic E-state index is 0.390. The SMILES string of the molecule is c1ccc2c(c1)CNCCC2NCc1ccncn1. The maximum atomic E-state index is 4.25.